The number of carbonyl (C=O) groups is 2. The molecule has 138 valence electrons. The third-order valence-corrected chi connectivity index (χ3v) is 4.66. The van der Waals surface area contributed by atoms with Gasteiger partial charge in [0.25, 0.3) is 11.8 Å². The summed E-state index contributed by atoms with van der Waals surface area (Å²) in [5.74, 6) is -1.27. The van der Waals surface area contributed by atoms with Crippen LogP contribution in [-0.4, -0.2) is 28.6 Å². The van der Waals surface area contributed by atoms with Crippen LogP contribution in [0.25, 0.3) is 0 Å². The molecule has 3 aromatic rings. The summed E-state index contributed by atoms with van der Waals surface area (Å²) in [6.07, 6.45) is 0.697. The number of benzene rings is 2. The van der Waals surface area contributed by atoms with E-state index in [1.54, 1.807) is 0 Å². The fourth-order valence-electron chi connectivity index (χ4n) is 2.28. The van der Waals surface area contributed by atoms with Crippen LogP contribution in [0.15, 0.2) is 48.5 Å². The molecule has 8 heteroatoms. The van der Waals surface area contributed by atoms with Crippen LogP contribution in [0, 0.1) is 12.7 Å². The second kappa shape index (κ2) is 8.50. The summed E-state index contributed by atoms with van der Waals surface area (Å²) in [5, 5.41) is 13.0. The van der Waals surface area contributed by atoms with Gasteiger partial charge in [-0.15, -0.1) is 10.2 Å². The number of amides is 2. The highest BCUT2D eigenvalue weighted by Gasteiger charge is 2.17. The molecule has 0 unspecified atom stereocenters. The van der Waals surface area contributed by atoms with Crippen molar-refractivity contribution in [1.29, 1.82) is 0 Å². The quantitative estimate of drug-likeness (QED) is 0.684. The summed E-state index contributed by atoms with van der Waals surface area (Å²) >= 11 is 0.899. The van der Waals surface area contributed by atoms with Gasteiger partial charge < -0.3 is 10.6 Å². The fraction of sp³-hybridized carbons (Fsp3) is 0.158. The fourth-order valence-corrected chi connectivity index (χ4v) is 2.93. The molecule has 0 saturated carbocycles. The first-order valence-electron chi connectivity index (χ1n) is 8.25. The average molecular weight is 384 g/mol. The molecule has 3 rings (SSSR count). The highest BCUT2D eigenvalue weighted by molar-refractivity contribution is 7.15. The second-order valence-electron chi connectivity index (χ2n) is 5.86. The minimum Gasteiger partial charge on any atom is -0.350 e. The van der Waals surface area contributed by atoms with Crippen LogP contribution in [0.4, 0.5) is 10.1 Å². The molecule has 0 aliphatic rings. The molecule has 0 atom stereocenters. The van der Waals surface area contributed by atoms with Crippen molar-refractivity contribution in [2.24, 2.45) is 0 Å². The first-order chi connectivity index (χ1) is 13.0. The molecule has 2 aromatic carbocycles. The van der Waals surface area contributed by atoms with Gasteiger partial charge in [-0.25, -0.2) is 4.39 Å². The van der Waals surface area contributed by atoms with Crippen molar-refractivity contribution in [3.8, 4) is 0 Å². The first-order valence-corrected chi connectivity index (χ1v) is 9.07. The van der Waals surface area contributed by atoms with E-state index in [0.717, 1.165) is 16.9 Å². The second-order valence-corrected chi connectivity index (χ2v) is 6.84. The van der Waals surface area contributed by atoms with Crippen molar-refractivity contribution in [2.45, 2.75) is 13.3 Å². The van der Waals surface area contributed by atoms with Gasteiger partial charge in [-0.05, 0) is 43.2 Å². The first kappa shape index (κ1) is 18.7. The van der Waals surface area contributed by atoms with Gasteiger partial charge in [0.2, 0.25) is 10.0 Å². The molecule has 27 heavy (non-hydrogen) atoms. The Kier molecular flexibility index (Phi) is 5.87. The molecule has 0 fully saturated rings. The Labute approximate surface area is 159 Å². The van der Waals surface area contributed by atoms with Crippen LogP contribution >= 0.6 is 11.3 Å². The Morgan fingerprint density at radius 3 is 2.26 bits per heavy atom. The number of nitrogens with zero attached hydrogens (tertiary/aromatic N) is 2. The number of anilines is 1. The summed E-state index contributed by atoms with van der Waals surface area (Å²) < 4.78 is 12.9. The van der Waals surface area contributed by atoms with E-state index in [4.69, 9.17) is 0 Å². The smallest absolute Gasteiger partial charge is 0.286 e. The van der Waals surface area contributed by atoms with Crippen molar-refractivity contribution in [2.75, 3.05) is 11.9 Å². The molecule has 2 amide bonds. The van der Waals surface area contributed by atoms with E-state index in [-0.39, 0.29) is 15.9 Å². The molecule has 1 heterocycles. The zero-order valence-electron chi connectivity index (χ0n) is 14.5. The van der Waals surface area contributed by atoms with Crippen LogP contribution in [0.2, 0.25) is 0 Å². The number of carbonyl (C=O) groups excluding carboxylic acids is 2. The highest BCUT2D eigenvalue weighted by atomic mass is 32.1. The predicted molar refractivity (Wildman–Crippen MR) is 101 cm³/mol. The van der Waals surface area contributed by atoms with E-state index >= 15 is 0 Å². The van der Waals surface area contributed by atoms with Crippen molar-refractivity contribution < 1.29 is 14.0 Å². The van der Waals surface area contributed by atoms with E-state index in [0.29, 0.717) is 18.7 Å². The molecule has 0 spiro atoms. The molecular formula is C19H17FN4O2S. The van der Waals surface area contributed by atoms with Gasteiger partial charge in [-0.1, -0.05) is 41.2 Å². The van der Waals surface area contributed by atoms with Crippen molar-refractivity contribution in [3.05, 3.63) is 75.5 Å². The molecule has 1 aromatic heterocycles. The van der Waals surface area contributed by atoms with Gasteiger partial charge in [0.05, 0.1) is 0 Å². The molecule has 6 nitrogen and oxygen atoms in total. The summed E-state index contributed by atoms with van der Waals surface area (Å²) in [6.45, 7) is 2.48. The Hall–Kier alpha value is -3.13. The van der Waals surface area contributed by atoms with Gasteiger partial charge in [0.1, 0.15) is 5.82 Å². The van der Waals surface area contributed by atoms with Crippen LogP contribution in [0.3, 0.4) is 0 Å². The number of halogens is 1. The lowest BCUT2D eigenvalue weighted by atomic mass is 10.1. The molecule has 0 bridgehead atoms. The SMILES string of the molecule is Cc1ccc(CCNC(=O)c2nnc(C(=O)Nc3ccc(F)cc3)s2)cc1. The number of nitrogens with one attached hydrogen (secondary N) is 2. The van der Waals surface area contributed by atoms with E-state index < -0.39 is 11.7 Å². The minimum absolute atomic E-state index is 0.0583. The van der Waals surface area contributed by atoms with Gasteiger partial charge in [0, 0.05) is 12.2 Å². The maximum Gasteiger partial charge on any atom is 0.286 e. The van der Waals surface area contributed by atoms with E-state index in [2.05, 4.69) is 20.8 Å². The molecular weight excluding hydrogens is 367 g/mol. The third-order valence-electron chi connectivity index (χ3n) is 3.74. The largest absolute Gasteiger partial charge is 0.350 e. The molecule has 0 aliphatic heterocycles. The Morgan fingerprint density at radius 2 is 1.59 bits per heavy atom. The van der Waals surface area contributed by atoms with Gasteiger partial charge in [0.15, 0.2) is 0 Å². The monoisotopic (exact) mass is 384 g/mol. The Bertz CT molecular complexity index is 939. The summed E-state index contributed by atoms with van der Waals surface area (Å²) in [4.78, 5) is 24.3. The Balaban J connectivity index is 1.52. The molecule has 0 radical (unpaired) electrons. The third kappa shape index (κ3) is 5.18. The average Bonchev–Trinajstić information content (AvgIpc) is 3.16. The number of hydrogen-bond donors (Lipinski definition) is 2. The number of rotatable bonds is 6. The van der Waals surface area contributed by atoms with Crippen LogP contribution < -0.4 is 10.6 Å². The number of hydrogen-bond acceptors (Lipinski definition) is 5. The van der Waals surface area contributed by atoms with E-state index in [9.17, 15) is 14.0 Å². The highest BCUT2D eigenvalue weighted by Crippen LogP contribution is 2.14. The zero-order valence-corrected chi connectivity index (χ0v) is 15.3. The zero-order chi connectivity index (χ0) is 19.2. The summed E-state index contributed by atoms with van der Waals surface area (Å²) in [6, 6.07) is 13.4. The lowest BCUT2D eigenvalue weighted by molar-refractivity contribution is 0.0951. The van der Waals surface area contributed by atoms with Gasteiger partial charge in [-0.3, -0.25) is 9.59 Å². The topological polar surface area (TPSA) is 84.0 Å². The van der Waals surface area contributed by atoms with Crippen molar-refractivity contribution in [1.82, 2.24) is 15.5 Å². The van der Waals surface area contributed by atoms with Crippen molar-refractivity contribution >= 4 is 28.8 Å². The van der Waals surface area contributed by atoms with Crippen molar-refractivity contribution in [3.63, 3.8) is 0 Å². The predicted octanol–water partition coefficient (Wildman–Crippen LogP) is 3.21. The van der Waals surface area contributed by atoms with E-state index in [1.807, 2.05) is 31.2 Å². The van der Waals surface area contributed by atoms with Crippen LogP contribution in [0.5, 0.6) is 0 Å². The van der Waals surface area contributed by atoms with Crippen LogP contribution in [0.1, 0.15) is 30.7 Å². The number of aromatic nitrogens is 2. The normalized spacial score (nSPS) is 10.4. The maximum atomic E-state index is 12.9. The minimum atomic E-state index is -0.502. The number of aryl methyl sites for hydroxylation is 1. The molecule has 0 saturated heterocycles. The molecule has 0 aliphatic carbocycles. The van der Waals surface area contributed by atoms with E-state index in [1.165, 1.54) is 29.8 Å². The summed E-state index contributed by atoms with van der Waals surface area (Å²) in [7, 11) is 0. The lowest BCUT2D eigenvalue weighted by Crippen LogP contribution is -2.25. The van der Waals surface area contributed by atoms with Crippen LogP contribution in [-0.2, 0) is 6.42 Å². The summed E-state index contributed by atoms with van der Waals surface area (Å²) in [5.41, 5.74) is 2.74. The Morgan fingerprint density at radius 1 is 0.963 bits per heavy atom. The van der Waals surface area contributed by atoms with Gasteiger partial charge in [-0.2, -0.15) is 0 Å². The lowest BCUT2D eigenvalue weighted by Gasteiger charge is -2.03. The van der Waals surface area contributed by atoms with Gasteiger partial charge >= 0.3 is 0 Å². The standard InChI is InChI=1S/C19H17FN4O2S/c1-12-2-4-13(5-3-12)10-11-21-16(25)18-23-24-19(27-18)17(26)22-15-8-6-14(20)7-9-15/h2-9H,10-11H2,1H3,(H,21,25)(H,22,26). The maximum absolute atomic E-state index is 12.9. The molecule has 2 N–H and O–H groups in total.